The zero-order valence-corrected chi connectivity index (χ0v) is 35.7. The average Bonchev–Trinajstić information content (AvgIpc) is 3.17. The molecule has 6 N–H and O–H groups in total. The molecule has 0 aromatic heterocycles. The lowest BCUT2D eigenvalue weighted by Crippen LogP contribution is -2.59. The maximum Gasteiger partial charge on any atom is 0.186 e. The highest BCUT2D eigenvalue weighted by atomic mass is 16.7. The molecule has 0 aromatic rings. The molecule has 0 spiro atoms. The number of rotatable bonds is 38. The van der Waals surface area contributed by atoms with E-state index in [0.717, 1.165) is 44.4 Å². The third-order valence-electron chi connectivity index (χ3n) is 11.5. The summed E-state index contributed by atoms with van der Waals surface area (Å²) in [5.41, 5.74) is 0. The molecular formula is C46H88O9. The van der Waals surface area contributed by atoms with Crippen molar-refractivity contribution in [1.82, 2.24) is 0 Å². The molecule has 0 amide bonds. The number of hydrogen-bond donors (Lipinski definition) is 6. The first-order valence-electron chi connectivity index (χ1n) is 23.1. The maximum absolute atomic E-state index is 13.5. The fourth-order valence-corrected chi connectivity index (χ4v) is 7.63. The Morgan fingerprint density at radius 3 is 1.51 bits per heavy atom. The molecule has 0 bridgehead atoms. The van der Waals surface area contributed by atoms with Crippen LogP contribution in [-0.4, -0.2) is 92.5 Å². The summed E-state index contributed by atoms with van der Waals surface area (Å²) in [6, 6.07) is 0. The van der Waals surface area contributed by atoms with Crippen molar-refractivity contribution in [3.63, 3.8) is 0 Å². The molecule has 0 aliphatic carbocycles. The summed E-state index contributed by atoms with van der Waals surface area (Å²) in [7, 11) is 0. The van der Waals surface area contributed by atoms with E-state index in [1.54, 1.807) is 6.08 Å². The lowest BCUT2D eigenvalue weighted by Gasteiger charge is -2.40. The van der Waals surface area contributed by atoms with Crippen LogP contribution in [0.3, 0.4) is 0 Å². The number of hydrogen-bond acceptors (Lipinski definition) is 9. The van der Waals surface area contributed by atoms with E-state index in [2.05, 4.69) is 20.8 Å². The summed E-state index contributed by atoms with van der Waals surface area (Å²) < 4.78 is 11.1. The van der Waals surface area contributed by atoms with Gasteiger partial charge in [0, 0.05) is 0 Å². The molecule has 0 radical (unpaired) electrons. The second-order valence-electron chi connectivity index (χ2n) is 17.1. The van der Waals surface area contributed by atoms with Crippen LogP contribution in [0.25, 0.3) is 0 Å². The number of aliphatic hydroxyl groups excluding tert-OH is 6. The Balaban J connectivity index is 2.37. The molecule has 0 unspecified atom stereocenters. The molecule has 1 heterocycles. The molecular weight excluding hydrogens is 696 g/mol. The first kappa shape index (κ1) is 52.1. The number of aliphatic hydroxyl groups is 6. The fourth-order valence-electron chi connectivity index (χ4n) is 7.63. The highest BCUT2D eigenvalue weighted by Gasteiger charge is 2.44. The van der Waals surface area contributed by atoms with Gasteiger partial charge in [-0.05, 0) is 25.2 Å². The first-order valence-corrected chi connectivity index (χ1v) is 23.1. The van der Waals surface area contributed by atoms with Crippen LogP contribution in [0.15, 0.2) is 12.2 Å². The van der Waals surface area contributed by atoms with Crippen molar-refractivity contribution in [2.75, 3.05) is 13.2 Å². The van der Waals surface area contributed by atoms with Crippen molar-refractivity contribution < 1.29 is 44.9 Å². The summed E-state index contributed by atoms with van der Waals surface area (Å²) in [6.07, 6.45) is 28.6. The predicted molar refractivity (Wildman–Crippen MR) is 224 cm³/mol. The molecule has 1 aliphatic heterocycles. The number of carbonyl (C=O) groups excluding carboxylic acids is 1. The van der Waals surface area contributed by atoms with Gasteiger partial charge in [0.05, 0.1) is 25.2 Å². The number of ketones is 1. The van der Waals surface area contributed by atoms with E-state index in [1.807, 2.05) is 6.08 Å². The summed E-state index contributed by atoms with van der Waals surface area (Å²) in [4.78, 5) is 13.5. The van der Waals surface area contributed by atoms with Crippen molar-refractivity contribution in [3.8, 4) is 0 Å². The Morgan fingerprint density at radius 2 is 1.05 bits per heavy atom. The molecule has 1 fully saturated rings. The van der Waals surface area contributed by atoms with Gasteiger partial charge in [-0.3, -0.25) is 4.79 Å². The van der Waals surface area contributed by atoms with Crippen molar-refractivity contribution in [3.05, 3.63) is 12.2 Å². The zero-order valence-electron chi connectivity index (χ0n) is 35.7. The summed E-state index contributed by atoms with van der Waals surface area (Å²) >= 11 is 0. The van der Waals surface area contributed by atoms with Crippen LogP contribution in [0.5, 0.6) is 0 Å². The Bertz CT molecular complexity index is 897. The van der Waals surface area contributed by atoms with Gasteiger partial charge >= 0.3 is 0 Å². The smallest absolute Gasteiger partial charge is 0.186 e. The van der Waals surface area contributed by atoms with Gasteiger partial charge in [0.2, 0.25) is 0 Å². The highest BCUT2D eigenvalue weighted by Crippen LogP contribution is 2.24. The van der Waals surface area contributed by atoms with E-state index in [1.165, 1.54) is 135 Å². The fraction of sp³-hybridized carbons (Fsp3) is 0.935. The van der Waals surface area contributed by atoms with E-state index < -0.39 is 61.2 Å². The zero-order chi connectivity index (χ0) is 40.5. The minimum atomic E-state index is -1.62. The van der Waals surface area contributed by atoms with Crippen molar-refractivity contribution in [2.45, 2.75) is 250 Å². The lowest BCUT2D eigenvalue weighted by molar-refractivity contribution is -0.303. The number of Topliss-reactive ketones (excluding diaryl/α,β-unsaturated/α-hetero) is 1. The van der Waals surface area contributed by atoms with Crippen molar-refractivity contribution >= 4 is 5.78 Å². The van der Waals surface area contributed by atoms with Gasteiger partial charge in [0.1, 0.15) is 30.5 Å². The van der Waals surface area contributed by atoms with E-state index in [4.69, 9.17) is 9.47 Å². The predicted octanol–water partition coefficient (Wildman–Crippen LogP) is 9.26. The Hall–Kier alpha value is -0.910. The van der Waals surface area contributed by atoms with Crippen LogP contribution in [0, 0.1) is 11.8 Å². The van der Waals surface area contributed by atoms with Gasteiger partial charge in [-0.2, -0.15) is 0 Å². The van der Waals surface area contributed by atoms with Crippen LogP contribution >= 0.6 is 0 Å². The van der Waals surface area contributed by atoms with Crippen molar-refractivity contribution in [1.29, 1.82) is 0 Å². The molecule has 326 valence electrons. The third kappa shape index (κ3) is 25.9. The van der Waals surface area contributed by atoms with Gasteiger partial charge in [-0.25, -0.2) is 0 Å². The van der Waals surface area contributed by atoms with Crippen LogP contribution < -0.4 is 0 Å². The van der Waals surface area contributed by atoms with Gasteiger partial charge in [0.25, 0.3) is 0 Å². The normalized spacial score (nSPS) is 22.1. The van der Waals surface area contributed by atoms with Crippen LogP contribution in [-0.2, 0) is 14.3 Å². The molecule has 0 aromatic carbocycles. The Labute approximate surface area is 337 Å². The first-order chi connectivity index (χ1) is 26.6. The summed E-state index contributed by atoms with van der Waals surface area (Å²) in [5.74, 6) is -0.912. The molecule has 0 saturated carbocycles. The van der Waals surface area contributed by atoms with Gasteiger partial charge in [-0.15, -0.1) is 0 Å². The van der Waals surface area contributed by atoms with Crippen LogP contribution in [0.1, 0.15) is 207 Å². The van der Waals surface area contributed by atoms with Gasteiger partial charge < -0.3 is 40.1 Å². The number of unbranched alkanes of at least 4 members (excludes halogenated alkanes) is 25. The van der Waals surface area contributed by atoms with E-state index in [-0.39, 0.29) is 6.61 Å². The largest absolute Gasteiger partial charge is 0.394 e. The maximum atomic E-state index is 13.5. The molecule has 55 heavy (non-hydrogen) atoms. The standard InChI is InChI=1S/C46H88O9/c1-4-5-6-7-8-9-10-11-12-13-14-15-16-17-18-19-20-25-28-31-34-40(49)42(50)38(36-54-46-45(53)44(52)43(51)41(35-47)55-46)39(48)33-30-27-24-22-21-23-26-29-32-37(2)3/h30,33,37-41,43-49,51-53H,4-29,31-32,34-36H2,1-3H3/b33-30+/t38-,39+,40+,41+,43-,44-,45+,46+/m0/s1. The van der Waals surface area contributed by atoms with Gasteiger partial charge in [0.15, 0.2) is 12.1 Å². The number of allylic oxidation sites excluding steroid dienone is 1. The minimum absolute atomic E-state index is 0.294. The van der Waals surface area contributed by atoms with Crippen LogP contribution in [0.2, 0.25) is 0 Å². The quantitative estimate of drug-likeness (QED) is 0.0265. The molecule has 8 atom stereocenters. The van der Waals surface area contributed by atoms with Crippen molar-refractivity contribution in [2.24, 2.45) is 11.8 Å². The Morgan fingerprint density at radius 1 is 0.618 bits per heavy atom. The Kier molecular flexibility index (Phi) is 33.2. The monoisotopic (exact) mass is 785 g/mol. The van der Waals surface area contributed by atoms with Gasteiger partial charge in [-0.1, -0.05) is 200 Å². The summed E-state index contributed by atoms with van der Waals surface area (Å²) in [6.45, 7) is 5.80. The topological polar surface area (TPSA) is 157 Å². The molecule has 1 saturated heterocycles. The molecule has 1 aliphatic rings. The van der Waals surface area contributed by atoms with E-state index >= 15 is 0 Å². The van der Waals surface area contributed by atoms with E-state index in [9.17, 15) is 35.4 Å². The minimum Gasteiger partial charge on any atom is -0.394 e. The van der Waals surface area contributed by atoms with E-state index in [0.29, 0.717) is 12.8 Å². The molecule has 9 nitrogen and oxygen atoms in total. The third-order valence-corrected chi connectivity index (χ3v) is 11.5. The highest BCUT2D eigenvalue weighted by molar-refractivity contribution is 5.86. The number of carbonyl (C=O) groups is 1. The molecule has 9 heteroatoms. The molecule has 1 rings (SSSR count). The van der Waals surface area contributed by atoms with Crippen LogP contribution in [0.4, 0.5) is 0 Å². The number of ether oxygens (including phenoxy) is 2. The SMILES string of the molecule is CCCCCCCCCCCCCCCCCCCCCC[C@@H](O)C(=O)[C@@H](CO[C@@H]1O[C@H](CO)[C@H](O)[C@H](O)[C@H]1O)[C@H](O)/C=C/CCCCCCCCC(C)C. The second kappa shape index (κ2) is 35.1. The summed E-state index contributed by atoms with van der Waals surface area (Å²) in [5, 5.41) is 62.1. The lowest BCUT2D eigenvalue weighted by atomic mass is 9.91. The second-order valence-corrected chi connectivity index (χ2v) is 17.1. The average molecular weight is 785 g/mol.